The zero-order valence-electron chi connectivity index (χ0n) is 9.72. The number of H-pyrrole nitrogens is 1. The van der Waals surface area contributed by atoms with Crippen molar-refractivity contribution in [2.75, 3.05) is 11.9 Å². The van der Waals surface area contributed by atoms with Crippen LogP contribution in [0.1, 0.15) is 19.3 Å². The molecule has 8 nitrogen and oxygen atoms in total. The van der Waals surface area contributed by atoms with Crippen LogP contribution in [-0.2, 0) is 4.79 Å². The van der Waals surface area contributed by atoms with Gasteiger partial charge in [-0.15, -0.1) is 0 Å². The molecule has 2 aromatic rings. The summed E-state index contributed by atoms with van der Waals surface area (Å²) >= 11 is 0. The van der Waals surface area contributed by atoms with Crippen LogP contribution in [0.3, 0.4) is 0 Å². The summed E-state index contributed by atoms with van der Waals surface area (Å²) in [7, 11) is 0. The van der Waals surface area contributed by atoms with Crippen molar-refractivity contribution in [3.63, 3.8) is 0 Å². The third-order valence-corrected chi connectivity index (χ3v) is 2.47. The second-order valence-electron chi connectivity index (χ2n) is 3.88. The van der Waals surface area contributed by atoms with Crippen molar-refractivity contribution < 1.29 is 4.79 Å². The smallest absolute Gasteiger partial charge is 0.348 e. The molecule has 2 aromatic heterocycles. The van der Waals surface area contributed by atoms with Crippen LogP contribution in [-0.4, -0.2) is 32.0 Å². The van der Waals surface area contributed by atoms with E-state index in [4.69, 9.17) is 5.73 Å². The number of aromatic nitrogens is 4. The van der Waals surface area contributed by atoms with Gasteiger partial charge in [-0.3, -0.25) is 4.79 Å². The molecule has 0 radical (unpaired) electrons. The zero-order valence-corrected chi connectivity index (χ0v) is 9.72. The van der Waals surface area contributed by atoms with Crippen LogP contribution in [0, 0.1) is 0 Å². The molecule has 0 aliphatic rings. The summed E-state index contributed by atoms with van der Waals surface area (Å²) in [5.74, 6) is 0.353. The molecule has 0 fully saturated rings. The van der Waals surface area contributed by atoms with Gasteiger partial charge >= 0.3 is 5.69 Å². The topological polar surface area (TPSA) is 118 Å². The van der Waals surface area contributed by atoms with Gasteiger partial charge in [0.1, 0.15) is 12.1 Å². The Morgan fingerprint density at radius 1 is 1.50 bits per heavy atom. The third kappa shape index (κ3) is 2.84. The molecule has 18 heavy (non-hydrogen) atoms. The van der Waals surface area contributed by atoms with Crippen molar-refractivity contribution in [1.29, 1.82) is 0 Å². The first-order chi connectivity index (χ1) is 8.66. The number of anilines is 1. The molecule has 2 rings (SSSR count). The Hall–Kier alpha value is -2.38. The van der Waals surface area contributed by atoms with E-state index in [9.17, 15) is 9.59 Å². The molecule has 96 valence electrons. The van der Waals surface area contributed by atoms with E-state index in [2.05, 4.69) is 20.5 Å². The fourth-order valence-corrected chi connectivity index (χ4v) is 1.55. The van der Waals surface area contributed by atoms with Crippen molar-refractivity contribution in [2.45, 2.75) is 19.3 Å². The Labute approximate surface area is 102 Å². The summed E-state index contributed by atoms with van der Waals surface area (Å²) in [5.41, 5.74) is 5.23. The van der Waals surface area contributed by atoms with E-state index in [1.807, 2.05) is 0 Å². The maximum Gasteiger partial charge on any atom is 0.348 e. The van der Waals surface area contributed by atoms with E-state index in [-0.39, 0.29) is 11.6 Å². The minimum absolute atomic E-state index is 0.287. The molecule has 0 aromatic carbocycles. The molecule has 2 heterocycles. The number of fused-ring (bicyclic) bond motifs is 1. The van der Waals surface area contributed by atoms with E-state index in [1.165, 1.54) is 10.7 Å². The van der Waals surface area contributed by atoms with Gasteiger partial charge < -0.3 is 11.1 Å². The van der Waals surface area contributed by atoms with E-state index >= 15 is 0 Å². The number of unbranched alkanes of at least 4 members (excludes halogenated alkanes) is 1. The Kier molecular flexibility index (Phi) is 3.56. The molecule has 0 unspecified atom stereocenters. The Bertz CT molecular complexity index is 602. The molecular formula is C10H14N6O2. The number of rotatable bonds is 6. The lowest BCUT2D eigenvalue weighted by atomic mass is 10.2. The normalized spacial score (nSPS) is 10.7. The van der Waals surface area contributed by atoms with E-state index in [0.717, 1.165) is 12.8 Å². The van der Waals surface area contributed by atoms with Gasteiger partial charge in [-0.25, -0.2) is 19.3 Å². The molecule has 0 saturated carbocycles. The van der Waals surface area contributed by atoms with E-state index < -0.39 is 0 Å². The van der Waals surface area contributed by atoms with Crippen molar-refractivity contribution >= 4 is 17.4 Å². The van der Waals surface area contributed by atoms with Crippen molar-refractivity contribution in [1.82, 2.24) is 19.6 Å². The summed E-state index contributed by atoms with van der Waals surface area (Å²) in [6, 6.07) is 1.67. The lowest BCUT2D eigenvalue weighted by Crippen LogP contribution is -2.12. The highest BCUT2D eigenvalue weighted by molar-refractivity contribution is 5.73. The first-order valence-corrected chi connectivity index (χ1v) is 5.62. The maximum atomic E-state index is 11.2. The highest BCUT2D eigenvalue weighted by atomic mass is 16.1. The minimum atomic E-state index is -0.314. The van der Waals surface area contributed by atoms with Gasteiger partial charge in [0.25, 0.3) is 0 Å². The average molecular weight is 250 g/mol. The van der Waals surface area contributed by atoms with Crippen LogP contribution in [0.4, 0.5) is 5.82 Å². The number of carbonyl (C=O) groups is 1. The maximum absolute atomic E-state index is 11.2. The van der Waals surface area contributed by atoms with Gasteiger partial charge in [-0.2, -0.15) is 5.10 Å². The molecule has 0 bridgehead atoms. The molecule has 0 aliphatic heterocycles. The first-order valence-electron chi connectivity index (χ1n) is 5.62. The number of nitrogens with two attached hydrogens (primary N) is 1. The molecule has 0 aliphatic carbocycles. The quantitative estimate of drug-likeness (QED) is 0.596. The second-order valence-corrected chi connectivity index (χ2v) is 3.88. The van der Waals surface area contributed by atoms with Crippen LogP contribution < -0.4 is 16.7 Å². The van der Waals surface area contributed by atoms with Crippen LogP contribution in [0.25, 0.3) is 5.65 Å². The van der Waals surface area contributed by atoms with E-state index in [1.54, 1.807) is 6.07 Å². The molecule has 8 heteroatoms. The van der Waals surface area contributed by atoms with E-state index in [0.29, 0.717) is 24.4 Å². The Balaban J connectivity index is 1.88. The fraction of sp³-hybridized carbons (Fsp3) is 0.400. The lowest BCUT2D eigenvalue weighted by Gasteiger charge is -2.04. The number of hydrogen-bond acceptors (Lipinski definition) is 5. The Morgan fingerprint density at radius 3 is 3.11 bits per heavy atom. The van der Waals surface area contributed by atoms with Crippen molar-refractivity contribution in [2.24, 2.45) is 5.73 Å². The van der Waals surface area contributed by atoms with Gasteiger partial charge in [0, 0.05) is 19.0 Å². The largest absolute Gasteiger partial charge is 0.370 e. The molecule has 0 saturated heterocycles. The lowest BCUT2D eigenvalue weighted by molar-refractivity contribution is -0.118. The average Bonchev–Trinajstić information content (AvgIpc) is 2.70. The third-order valence-electron chi connectivity index (χ3n) is 2.47. The van der Waals surface area contributed by atoms with Gasteiger partial charge in [-0.1, -0.05) is 0 Å². The second kappa shape index (κ2) is 5.30. The van der Waals surface area contributed by atoms with Crippen LogP contribution >= 0.6 is 0 Å². The summed E-state index contributed by atoms with van der Waals surface area (Å²) in [6.45, 7) is 0.686. The predicted molar refractivity (Wildman–Crippen MR) is 65.1 cm³/mol. The number of hydrogen-bond donors (Lipinski definition) is 3. The Morgan fingerprint density at radius 2 is 2.33 bits per heavy atom. The van der Waals surface area contributed by atoms with Crippen molar-refractivity contribution in [3.05, 3.63) is 22.9 Å². The molecular weight excluding hydrogens is 236 g/mol. The highest BCUT2D eigenvalue weighted by Gasteiger charge is 2.01. The summed E-state index contributed by atoms with van der Waals surface area (Å²) in [4.78, 5) is 25.8. The van der Waals surface area contributed by atoms with Crippen LogP contribution in [0.15, 0.2) is 17.2 Å². The number of nitrogens with zero attached hydrogens (tertiary/aromatic N) is 3. The minimum Gasteiger partial charge on any atom is -0.370 e. The SMILES string of the molecule is NC(=O)CCCCNc1cc2n[nH]c(=O)n2cn1. The van der Waals surface area contributed by atoms with Gasteiger partial charge in [0.05, 0.1) is 0 Å². The van der Waals surface area contributed by atoms with Crippen LogP contribution in [0.5, 0.6) is 0 Å². The van der Waals surface area contributed by atoms with Gasteiger partial charge in [0.15, 0.2) is 5.65 Å². The number of carbonyl (C=O) groups excluding carboxylic acids is 1. The number of primary amides is 1. The molecule has 0 spiro atoms. The summed E-state index contributed by atoms with van der Waals surface area (Å²) in [6.07, 6.45) is 3.37. The van der Waals surface area contributed by atoms with Crippen LogP contribution in [0.2, 0.25) is 0 Å². The van der Waals surface area contributed by atoms with Gasteiger partial charge in [-0.05, 0) is 12.8 Å². The summed E-state index contributed by atoms with van der Waals surface area (Å²) in [5, 5.41) is 9.25. The fourth-order valence-electron chi connectivity index (χ4n) is 1.55. The van der Waals surface area contributed by atoms with Gasteiger partial charge in [0.2, 0.25) is 5.91 Å². The molecule has 4 N–H and O–H groups in total. The van der Waals surface area contributed by atoms with Crippen molar-refractivity contribution in [3.8, 4) is 0 Å². The molecule has 0 atom stereocenters. The molecule has 1 amide bonds. The summed E-state index contributed by atoms with van der Waals surface area (Å²) < 4.78 is 1.32. The number of nitrogens with one attached hydrogen (secondary N) is 2. The number of aromatic amines is 1. The first kappa shape index (κ1) is 12.1. The standard InChI is InChI=1S/C10H14N6O2/c11-7(17)3-1-2-4-12-8-5-9-14-15-10(18)16(9)6-13-8/h5-6,12H,1-4H2,(H2,11,17)(H,15,18). The number of amides is 1. The monoisotopic (exact) mass is 250 g/mol. The zero-order chi connectivity index (χ0) is 13.0. The predicted octanol–water partition coefficient (Wildman–Crippen LogP) is -0.515. The highest BCUT2D eigenvalue weighted by Crippen LogP contribution is 2.04.